The van der Waals surface area contributed by atoms with Crippen molar-refractivity contribution >= 4 is 17.0 Å². The molecule has 0 aliphatic heterocycles. The lowest BCUT2D eigenvalue weighted by Crippen LogP contribution is -2.27. The second-order valence-electron chi connectivity index (χ2n) is 8.02. The maximum Gasteiger partial charge on any atom is 0.328 e. The number of nitriles is 1. The first-order chi connectivity index (χ1) is 13.1. The zero-order valence-corrected chi connectivity index (χ0v) is 17.1. The summed E-state index contributed by atoms with van der Waals surface area (Å²) in [7, 11) is 1.95. The van der Waals surface area contributed by atoms with E-state index in [1.165, 1.54) is 0 Å². The molecular weight excluding hydrogens is 352 g/mol. The molecule has 0 fully saturated rings. The molecule has 3 aromatic rings. The normalized spacial score (nSPS) is 12.6. The molecule has 0 aliphatic rings. The van der Waals surface area contributed by atoms with Gasteiger partial charge in [0, 0.05) is 13.2 Å². The lowest BCUT2D eigenvalue weighted by atomic mass is 9.99. The SMILES string of the molecule is Cc1ccc2c(c1)nc(-c1ncc(C(C#N)C(=O)OC(C)(C)C)cc1C)n2C. The number of pyridine rings is 1. The van der Waals surface area contributed by atoms with Crippen LogP contribution in [0.1, 0.15) is 43.4 Å². The van der Waals surface area contributed by atoms with Crippen LogP contribution < -0.4 is 0 Å². The van der Waals surface area contributed by atoms with E-state index in [-0.39, 0.29) is 0 Å². The second-order valence-corrected chi connectivity index (χ2v) is 8.02. The number of carbonyl (C=O) groups is 1. The Bertz CT molecular complexity index is 1100. The van der Waals surface area contributed by atoms with Crippen LogP contribution in [0, 0.1) is 25.2 Å². The summed E-state index contributed by atoms with van der Waals surface area (Å²) in [6.45, 7) is 9.27. The molecule has 28 heavy (non-hydrogen) atoms. The van der Waals surface area contributed by atoms with Gasteiger partial charge in [-0.2, -0.15) is 5.26 Å². The lowest BCUT2D eigenvalue weighted by Gasteiger charge is -2.21. The van der Waals surface area contributed by atoms with E-state index in [1.54, 1.807) is 27.0 Å². The number of hydrogen-bond donors (Lipinski definition) is 0. The van der Waals surface area contributed by atoms with Gasteiger partial charge in [0.05, 0.1) is 17.1 Å². The Morgan fingerprint density at radius 1 is 1.25 bits per heavy atom. The van der Waals surface area contributed by atoms with Crippen LogP contribution in [-0.4, -0.2) is 26.1 Å². The van der Waals surface area contributed by atoms with E-state index >= 15 is 0 Å². The Hall–Kier alpha value is -3.20. The van der Waals surface area contributed by atoms with Gasteiger partial charge in [-0.05, 0) is 63.4 Å². The van der Waals surface area contributed by atoms with Crippen molar-refractivity contribution in [1.29, 1.82) is 5.26 Å². The van der Waals surface area contributed by atoms with Crippen molar-refractivity contribution in [2.45, 2.75) is 46.1 Å². The van der Waals surface area contributed by atoms with Gasteiger partial charge in [0.25, 0.3) is 0 Å². The summed E-state index contributed by atoms with van der Waals surface area (Å²) in [5, 5.41) is 9.49. The first-order valence-corrected chi connectivity index (χ1v) is 9.13. The predicted octanol–water partition coefficient (Wildman–Crippen LogP) is 4.20. The maximum absolute atomic E-state index is 12.4. The van der Waals surface area contributed by atoms with E-state index in [0.29, 0.717) is 5.56 Å². The highest BCUT2D eigenvalue weighted by atomic mass is 16.6. The molecule has 3 rings (SSSR count). The number of benzene rings is 1. The number of nitrogens with zero attached hydrogens (tertiary/aromatic N) is 4. The molecule has 1 atom stereocenters. The van der Waals surface area contributed by atoms with Gasteiger partial charge in [0.15, 0.2) is 11.7 Å². The van der Waals surface area contributed by atoms with Crippen molar-refractivity contribution < 1.29 is 9.53 Å². The molecule has 2 aromatic heterocycles. The van der Waals surface area contributed by atoms with Crippen LogP contribution in [-0.2, 0) is 16.6 Å². The van der Waals surface area contributed by atoms with E-state index < -0.39 is 17.5 Å². The van der Waals surface area contributed by atoms with E-state index in [0.717, 1.165) is 33.7 Å². The number of imidazole rings is 1. The highest BCUT2D eigenvalue weighted by molar-refractivity contribution is 5.83. The smallest absolute Gasteiger partial charge is 0.328 e. The average molecular weight is 376 g/mol. The zero-order chi connectivity index (χ0) is 20.6. The van der Waals surface area contributed by atoms with Gasteiger partial charge in [-0.3, -0.25) is 9.78 Å². The third-order valence-corrected chi connectivity index (χ3v) is 4.45. The number of carbonyl (C=O) groups excluding carboxylic acids is 1. The number of fused-ring (bicyclic) bond motifs is 1. The average Bonchev–Trinajstić information content (AvgIpc) is 2.90. The number of esters is 1. The lowest BCUT2D eigenvalue weighted by molar-refractivity contribution is -0.155. The van der Waals surface area contributed by atoms with E-state index in [1.807, 2.05) is 49.7 Å². The summed E-state index contributed by atoms with van der Waals surface area (Å²) in [6.07, 6.45) is 1.56. The minimum atomic E-state index is -1.01. The molecule has 144 valence electrons. The van der Waals surface area contributed by atoms with Gasteiger partial charge < -0.3 is 9.30 Å². The Morgan fingerprint density at radius 2 is 1.96 bits per heavy atom. The number of rotatable bonds is 3. The summed E-state index contributed by atoms with van der Waals surface area (Å²) in [5.74, 6) is -0.833. The number of aromatic nitrogens is 3. The second kappa shape index (κ2) is 7.08. The van der Waals surface area contributed by atoms with Crippen LogP contribution >= 0.6 is 0 Å². The third kappa shape index (κ3) is 3.74. The maximum atomic E-state index is 12.4. The summed E-state index contributed by atoms with van der Waals surface area (Å²) >= 11 is 0. The van der Waals surface area contributed by atoms with Crippen molar-refractivity contribution in [1.82, 2.24) is 14.5 Å². The summed E-state index contributed by atoms with van der Waals surface area (Å²) in [5.41, 5.74) is 4.51. The minimum Gasteiger partial charge on any atom is -0.459 e. The molecule has 6 nitrogen and oxygen atoms in total. The van der Waals surface area contributed by atoms with Gasteiger partial charge in [0.1, 0.15) is 11.3 Å². The van der Waals surface area contributed by atoms with Crippen molar-refractivity contribution in [2.75, 3.05) is 0 Å². The molecule has 6 heteroatoms. The molecule has 0 saturated heterocycles. The topological polar surface area (TPSA) is 80.8 Å². The Labute approximate surface area is 164 Å². The van der Waals surface area contributed by atoms with E-state index in [9.17, 15) is 10.1 Å². The standard InChI is InChI=1S/C22H24N4O2/c1-13-7-8-18-17(9-13)25-20(26(18)6)19-14(2)10-15(12-24-19)16(11-23)21(27)28-22(3,4)5/h7-10,12,16H,1-6H3. The Morgan fingerprint density at radius 3 is 2.57 bits per heavy atom. The van der Waals surface area contributed by atoms with Gasteiger partial charge in [0.2, 0.25) is 0 Å². The summed E-state index contributed by atoms with van der Waals surface area (Å²) in [4.78, 5) is 21.6. The van der Waals surface area contributed by atoms with Crippen LogP contribution in [0.15, 0.2) is 30.5 Å². The molecule has 0 aliphatic carbocycles. The predicted molar refractivity (Wildman–Crippen MR) is 108 cm³/mol. The molecule has 1 aromatic carbocycles. The largest absolute Gasteiger partial charge is 0.459 e. The molecule has 0 bridgehead atoms. The zero-order valence-electron chi connectivity index (χ0n) is 17.1. The highest BCUT2D eigenvalue weighted by Gasteiger charge is 2.27. The van der Waals surface area contributed by atoms with Gasteiger partial charge >= 0.3 is 5.97 Å². The van der Waals surface area contributed by atoms with E-state index in [2.05, 4.69) is 11.1 Å². The van der Waals surface area contributed by atoms with Crippen LogP contribution in [0.3, 0.4) is 0 Å². The van der Waals surface area contributed by atoms with Gasteiger partial charge in [-0.25, -0.2) is 4.98 Å². The fraction of sp³-hybridized carbons (Fsp3) is 0.364. The quantitative estimate of drug-likeness (QED) is 0.640. The third-order valence-electron chi connectivity index (χ3n) is 4.45. The first kappa shape index (κ1) is 19.6. The van der Waals surface area contributed by atoms with Crippen molar-refractivity contribution in [3.05, 3.63) is 47.2 Å². The highest BCUT2D eigenvalue weighted by Crippen LogP contribution is 2.28. The van der Waals surface area contributed by atoms with Crippen LogP contribution in [0.2, 0.25) is 0 Å². The fourth-order valence-electron chi connectivity index (χ4n) is 3.13. The molecule has 0 amide bonds. The Kier molecular flexibility index (Phi) is 4.95. The molecule has 2 heterocycles. The van der Waals surface area contributed by atoms with Crippen molar-refractivity contribution in [3.8, 4) is 17.6 Å². The molecule has 0 radical (unpaired) electrons. The van der Waals surface area contributed by atoms with Crippen LogP contribution in [0.4, 0.5) is 0 Å². The molecule has 0 spiro atoms. The molecule has 0 N–H and O–H groups in total. The number of ether oxygens (including phenoxy) is 1. The van der Waals surface area contributed by atoms with Gasteiger partial charge in [-0.15, -0.1) is 0 Å². The monoisotopic (exact) mass is 376 g/mol. The molecular formula is C22H24N4O2. The fourth-order valence-corrected chi connectivity index (χ4v) is 3.13. The number of hydrogen-bond acceptors (Lipinski definition) is 5. The van der Waals surface area contributed by atoms with E-state index in [4.69, 9.17) is 9.72 Å². The Balaban J connectivity index is 2.00. The summed E-state index contributed by atoms with van der Waals surface area (Å²) in [6, 6.07) is 9.97. The van der Waals surface area contributed by atoms with Crippen molar-refractivity contribution in [2.24, 2.45) is 7.05 Å². The van der Waals surface area contributed by atoms with Crippen molar-refractivity contribution in [3.63, 3.8) is 0 Å². The van der Waals surface area contributed by atoms with Crippen LogP contribution in [0.25, 0.3) is 22.6 Å². The first-order valence-electron chi connectivity index (χ1n) is 9.13. The molecule has 1 unspecified atom stereocenters. The molecule has 0 saturated carbocycles. The van der Waals surface area contributed by atoms with Crippen LogP contribution in [0.5, 0.6) is 0 Å². The summed E-state index contributed by atoms with van der Waals surface area (Å²) < 4.78 is 7.36. The minimum absolute atomic E-state index is 0.521. The van der Waals surface area contributed by atoms with Gasteiger partial charge in [-0.1, -0.05) is 12.1 Å². The number of aryl methyl sites for hydroxylation is 3.